The molecule has 4 N–H and O–H groups in total. The lowest BCUT2D eigenvalue weighted by atomic mass is 9.79. The number of benzene rings is 5. The van der Waals surface area contributed by atoms with E-state index in [0.29, 0.717) is 31.0 Å². The third kappa shape index (κ3) is 18.7. The summed E-state index contributed by atoms with van der Waals surface area (Å²) in [6.45, 7) is 15.3. The first-order valence-electron chi connectivity index (χ1n) is 23.0. The van der Waals surface area contributed by atoms with Gasteiger partial charge in [0.05, 0.1) is 58.1 Å². The number of aromatic nitrogens is 6. The second-order valence-electron chi connectivity index (χ2n) is 19.0. The molecule has 0 fully saturated rings. The highest BCUT2D eigenvalue weighted by molar-refractivity contribution is 14.1. The van der Waals surface area contributed by atoms with Crippen molar-refractivity contribution in [1.29, 1.82) is 0 Å². The molecule has 0 bridgehead atoms. The van der Waals surface area contributed by atoms with Crippen LogP contribution in [-0.2, 0) is 28.4 Å². The first kappa shape index (κ1) is 64.3. The van der Waals surface area contributed by atoms with Gasteiger partial charge in [-0.3, -0.25) is 10.2 Å². The first-order chi connectivity index (χ1) is 36.7. The van der Waals surface area contributed by atoms with E-state index in [0.717, 1.165) is 26.6 Å². The molecular weight excluding hydrogens is 1280 g/mol. The number of nitrogens with one attached hydrogen (secondary N) is 2. The van der Waals surface area contributed by atoms with Gasteiger partial charge in [-0.2, -0.15) is 20.0 Å². The van der Waals surface area contributed by atoms with Crippen molar-refractivity contribution in [3.05, 3.63) is 139 Å². The van der Waals surface area contributed by atoms with Gasteiger partial charge in [-0.1, -0.05) is 24.3 Å². The number of ether oxygens (including phenoxy) is 6. The Morgan fingerprint density at radius 2 is 1.08 bits per heavy atom. The van der Waals surface area contributed by atoms with Crippen molar-refractivity contribution in [2.75, 3.05) is 14.2 Å². The average Bonchev–Trinajstić information content (AvgIpc) is 4.06. The van der Waals surface area contributed by atoms with Crippen molar-refractivity contribution in [3.8, 4) is 11.3 Å². The molecule has 19 nitrogen and oxygen atoms in total. The van der Waals surface area contributed by atoms with Crippen LogP contribution >= 0.6 is 45.2 Å². The molecule has 79 heavy (non-hydrogen) atoms. The van der Waals surface area contributed by atoms with E-state index in [1.165, 1.54) is 62.8 Å². The number of H-pyrrole nitrogens is 2. The monoisotopic (exact) mass is 1330 g/mol. The van der Waals surface area contributed by atoms with Gasteiger partial charge in [0.1, 0.15) is 59.0 Å². The van der Waals surface area contributed by atoms with Crippen LogP contribution in [-0.4, -0.2) is 109 Å². The van der Waals surface area contributed by atoms with Gasteiger partial charge in [0.15, 0.2) is 0 Å². The molecule has 8 aromatic rings. The molecule has 27 heteroatoms. The van der Waals surface area contributed by atoms with Crippen LogP contribution in [0.2, 0.25) is 0 Å². The zero-order chi connectivity index (χ0) is 59.3. The van der Waals surface area contributed by atoms with Gasteiger partial charge in [-0.15, -0.1) is 0 Å². The number of hydrogen-bond donors (Lipinski definition) is 4. The van der Waals surface area contributed by atoms with Crippen molar-refractivity contribution in [3.63, 3.8) is 0 Å². The number of aromatic amines is 2. The minimum absolute atomic E-state index is 0.0226. The lowest BCUT2D eigenvalue weighted by molar-refractivity contribution is -0.0294. The summed E-state index contributed by atoms with van der Waals surface area (Å²) in [5, 5.41) is 35.8. The second-order valence-corrected chi connectivity index (χ2v) is 21.1. The van der Waals surface area contributed by atoms with E-state index in [1.807, 2.05) is 45.2 Å². The SMILES string of the molecule is CC(C)(C)OC(=O)OC(=O)OC(C)(C)C.CC(C)(C)OC(=O)n1nc(I)c2c(F)cccc21.COC(=O)c1ccc(-c2n[nH]c3cccc(F)c23)c(F)c1.COC(=O)c1ccc(B(O)O)c(F)c1.Fc1cccc2n[nH]c(I)c12. The van der Waals surface area contributed by atoms with E-state index in [-0.39, 0.29) is 39.1 Å². The molecule has 0 saturated heterocycles. The lowest BCUT2D eigenvalue weighted by Gasteiger charge is -2.20. The smallest absolute Gasteiger partial charge is 0.465 e. The summed E-state index contributed by atoms with van der Waals surface area (Å²) in [6.07, 6.45) is -2.73. The molecule has 0 unspecified atom stereocenters. The number of halogens is 7. The highest BCUT2D eigenvalue weighted by Crippen LogP contribution is 2.31. The number of methoxy groups -OCH3 is 2. The summed E-state index contributed by atoms with van der Waals surface area (Å²) in [6, 6.07) is 20.9. The minimum Gasteiger partial charge on any atom is -0.465 e. The Hall–Kier alpha value is -7.25. The average molecular weight is 1330 g/mol. The first-order valence-corrected chi connectivity index (χ1v) is 25.1. The number of esters is 2. The van der Waals surface area contributed by atoms with Gasteiger partial charge in [0.2, 0.25) is 0 Å². The standard InChI is InChI=1S/C15H10F2N2O2.C12H12FIN2O2.C10H18O5.C8H8BFO4.C7H4FIN2/c1-21-15(20)8-5-6-9(11(17)7-8)14-13-10(16)3-2-4-12(13)18-19-14;1-12(2,3)18-11(17)16-8-6-4-5-7(13)9(8)10(14)15-16;1-9(2,3)14-7(11)13-8(12)15-10(4,5)6;1-14-8(11)5-2-3-6(9(12)13)7(10)4-5;8-4-2-1-3-5-6(4)7(9)11-10-5/h2-7H,1H3,(H,18,19);4-6H,1-3H3;1-6H3;2-4,12-13H,1H3;1-3H,(H,10,11). The number of nitrogens with zero attached hydrogens (tertiary/aromatic N) is 4. The van der Waals surface area contributed by atoms with Crippen LogP contribution in [0, 0.1) is 36.5 Å². The molecule has 0 saturated carbocycles. The van der Waals surface area contributed by atoms with Crippen molar-refractivity contribution >= 4 is 121 Å². The number of rotatable bonds is 4. The van der Waals surface area contributed by atoms with Crippen LogP contribution in [0.25, 0.3) is 44.0 Å². The van der Waals surface area contributed by atoms with E-state index in [2.05, 4.69) is 39.7 Å². The molecular formula is C52H52BF5I2N6O13. The van der Waals surface area contributed by atoms with Gasteiger partial charge < -0.3 is 38.5 Å². The summed E-state index contributed by atoms with van der Waals surface area (Å²) in [7, 11) is 0.501. The van der Waals surface area contributed by atoms with Crippen molar-refractivity contribution in [2.45, 2.75) is 79.1 Å². The molecule has 0 aliphatic rings. The number of hydrogen-bond acceptors (Lipinski definition) is 16. The summed E-state index contributed by atoms with van der Waals surface area (Å²) < 4.78 is 98.0. The highest BCUT2D eigenvalue weighted by atomic mass is 127. The fraction of sp³-hybridized carbons (Fsp3) is 0.269. The minimum atomic E-state index is -1.89. The zero-order valence-electron chi connectivity index (χ0n) is 44.1. The Morgan fingerprint density at radius 3 is 1.57 bits per heavy atom. The second kappa shape index (κ2) is 27.6. The summed E-state index contributed by atoms with van der Waals surface area (Å²) in [5.41, 5.74) is -0.349. The maximum atomic E-state index is 14.2. The molecule has 3 aromatic heterocycles. The van der Waals surface area contributed by atoms with Crippen LogP contribution in [0.15, 0.2) is 91.0 Å². The summed E-state index contributed by atoms with van der Waals surface area (Å²) >= 11 is 3.92. The number of carbonyl (C=O) groups is 5. The number of fused-ring (bicyclic) bond motifs is 3. The zero-order valence-corrected chi connectivity index (χ0v) is 48.4. The van der Waals surface area contributed by atoms with Crippen molar-refractivity contribution in [2.24, 2.45) is 0 Å². The van der Waals surface area contributed by atoms with Crippen LogP contribution in [0.3, 0.4) is 0 Å². The third-order valence-electron chi connectivity index (χ3n) is 9.50. The Labute approximate surface area is 475 Å². The van der Waals surface area contributed by atoms with Gasteiger partial charge in [0.25, 0.3) is 0 Å². The largest absolute Gasteiger partial charge is 0.519 e. The van der Waals surface area contributed by atoms with Crippen LogP contribution < -0.4 is 5.46 Å². The quantitative estimate of drug-likeness (QED) is 0.0319. The molecule has 8 rings (SSSR count). The third-order valence-corrected chi connectivity index (χ3v) is 11.0. The van der Waals surface area contributed by atoms with Crippen LogP contribution in [0.5, 0.6) is 0 Å². The number of carbonyl (C=O) groups excluding carboxylic acids is 5. The molecule has 0 amide bonds. The molecule has 0 aliphatic carbocycles. The maximum Gasteiger partial charge on any atom is 0.519 e. The molecule has 0 atom stereocenters. The maximum absolute atomic E-state index is 14.2. The Morgan fingerprint density at radius 1 is 0.582 bits per heavy atom. The molecule has 0 spiro atoms. The predicted molar refractivity (Wildman–Crippen MR) is 297 cm³/mol. The van der Waals surface area contributed by atoms with E-state index in [1.54, 1.807) is 86.6 Å². The lowest BCUT2D eigenvalue weighted by Crippen LogP contribution is -2.32. The highest BCUT2D eigenvalue weighted by Gasteiger charge is 2.26. The summed E-state index contributed by atoms with van der Waals surface area (Å²) in [5.74, 6) is -3.96. The van der Waals surface area contributed by atoms with Crippen LogP contribution in [0.1, 0.15) is 83.0 Å². The molecule has 3 heterocycles. The fourth-order valence-electron chi connectivity index (χ4n) is 6.29. The fourth-order valence-corrected chi connectivity index (χ4v) is 7.69. The van der Waals surface area contributed by atoms with Gasteiger partial charge >= 0.3 is 37.5 Å². The van der Waals surface area contributed by atoms with Gasteiger partial charge in [0, 0.05) is 11.0 Å². The Balaban J connectivity index is 0.000000216. The summed E-state index contributed by atoms with van der Waals surface area (Å²) in [4.78, 5) is 56.3. The Bertz CT molecular complexity index is 3460. The topological polar surface area (TPSA) is 256 Å². The van der Waals surface area contributed by atoms with Crippen molar-refractivity contribution < 1.29 is 84.4 Å². The van der Waals surface area contributed by atoms with Crippen LogP contribution in [0.4, 0.5) is 36.3 Å². The van der Waals surface area contributed by atoms with E-state index < -0.39 is 77.5 Å². The molecule has 0 radical (unpaired) electrons. The van der Waals surface area contributed by atoms with Gasteiger partial charge in [-0.05, 0) is 174 Å². The predicted octanol–water partition coefficient (Wildman–Crippen LogP) is 11.3. The Kier molecular flexibility index (Phi) is 22.4. The molecule has 0 aliphatic heterocycles. The van der Waals surface area contributed by atoms with E-state index >= 15 is 0 Å². The normalized spacial score (nSPS) is 11.0. The molecule has 420 valence electrons. The van der Waals surface area contributed by atoms with E-state index in [4.69, 9.17) is 24.3 Å². The van der Waals surface area contributed by atoms with Gasteiger partial charge in [-0.25, -0.2) is 45.9 Å². The van der Waals surface area contributed by atoms with Crippen molar-refractivity contribution in [1.82, 2.24) is 30.2 Å². The van der Waals surface area contributed by atoms with E-state index in [9.17, 15) is 45.9 Å². The molecule has 5 aromatic carbocycles.